The molecule has 2 atom stereocenters. The number of rotatable bonds is 5. The second kappa shape index (κ2) is 5.50. The largest absolute Gasteiger partial charge is 0.313 e. The van der Waals surface area contributed by atoms with Gasteiger partial charge in [-0.05, 0) is 62.1 Å². The van der Waals surface area contributed by atoms with Crippen LogP contribution >= 0.6 is 0 Å². The maximum absolute atomic E-state index is 3.69. The number of hydrogen-bond donors (Lipinski definition) is 1. The van der Waals surface area contributed by atoms with Crippen molar-refractivity contribution < 1.29 is 0 Å². The van der Waals surface area contributed by atoms with Gasteiger partial charge in [-0.25, -0.2) is 0 Å². The monoisotopic (exact) mass is 270 g/mol. The highest BCUT2D eigenvalue weighted by Gasteiger charge is 2.33. The van der Waals surface area contributed by atoms with Crippen LogP contribution in [0.1, 0.15) is 49.3 Å². The molecular formula is C18H26N2. The van der Waals surface area contributed by atoms with Gasteiger partial charge in [0.25, 0.3) is 0 Å². The van der Waals surface area contributed by atoms with Crippen molar-refractivity contribution in [2.45, 2.75) is 50.6 Å². The van der Waals surface area contributed by atoms with Crippen LogP contribution in [0.3, 0.4) is 0 Å². The van der Waals surface area contributed by atoms with Gasteiger partial charge in [0.2, 0.25) is 0 Å². The summed E-state index contributed by atoms with van der Waals surface area (Å²) in [6, 6.07) is 10.6. The van der Waals surface area contributed by atoms with Crippen LogP contribution in [0.25, 0.3) is 0 Å². The van der Waals surface area contributed by atoms with Crippen molar-refractivity contribution in [1.82, 2.24) is 10.2 Å². The molecule has 1 heterocycles. The Bertz CT molecular complexity index is 460. The predicted octanol–water partition coefficient (Wildman–Crippen LogP) is 3.14. The summed E-state index contributed by atoms with van der Waals surface area (Å²) in [6.45, 7) is 3.82. The van der Waals surface area contributed by atoms with Gasteiger partial charge in [0.15, 0.2) is 0 Å². The van der Waals surface area contributed by atoms with E-state index in [0.717, 1.165) is 12.0 Å². The van der Waals surface area contributed by atoms with Crippen LogP contribution in [-0.2, 0) is 6.42 Å². The summed E-state index contributed by atoms with van der Waals surface area (Å²) in [6.07, 6.45) is 8.27. The number of hydrogen-bond acceptors (Lipinski definition) is 2. The summed E-state index contributed by atoms with van der Waals surface area (Å²) in [5.41, 5.74) is 3.21. The van der Waals surface area contributed by atoms with Gasteiger partial charge in [-0.15, -0.1) is 0 Å². The lowest BCUT2D eigenvalue weighted by atomic mass is 10.1. The van der Waals surface area contributed by atoms with E-state index in [1.165, 1.54) is 58.2 Å². The first-order chi connectivity index (χ1) is 9.90. The molecule has 4 rings (SSSR count). The summed E-state index contributed by atoms with van der Waals surface area (Å²) >= 11 is 0. The van der Waals surface area contributed by atoms with Crippen LogP contribution < -0.4 is 5.32 Å². The first-order valence-corrected chi connectivity index (χ1v) is 8.45. The number of nitrogens with one attached hydrogen (secondary N) is 1. The first kappa shape index (κ1) is 12.8. The molecule has 0 spiro atoms. The molecule has 2 fully saturated rings. The third-order valence-corrected chi connectivity index (χ3v) is 5.35. The van der Waals surface area contributed by atoms with Gasteiger partial charge in [0.1, 0.15) is 0 Å². The number of aryl methyl sites for hydroxylation is 1. The second-order valence-electron chi connectivity index (χ2n) is 6.94. The van der Waals surface area contributed by atoms with Crippen LogP contribution in [0.5, 0.6) is 0 Å². The van der Waals surface area contributed by atoms with Gasteiger partial charge in [0, 0.05) is 25.2 Å². The fourth-order valence-electron chi connectivity index (χ4n) is 4.07. The van der Waals surface area contributed by atoms with E-state index in [1.54, 1.807) is 11.1 Å². The summed E-state index contributed by atoms with van der Waals surface area (Å²) in [5.74, 6) is 0.990. The van der Waals surface area contributed by atoms with E-state index in [0.29, 0.717) is 6.04 Å². The zero-order chi connectivity index (χ0) is 13.4. The van der Waals surface area contributed by atoms with Gasteiger partial charge < -0.3 is 5.32 Å². The van der Waals surface area contributed by atoms with E-state index >= 15 is 0 Å². The minimum absolute atomic E-state index is 0.689. The van der Waals surface area contributed by atoms with Crippen molar-refractivity contribution in [2.24, 2.45) is 5.92 Å². The van der Waals surface area contributed by atoms with Crippen LogP contribution in [0.4, 0.5) is 0 Å². The van der Waals surface area contributed by atoms with Crippen molar-refractivity contribution in [3.8, 4) is 0 Å². The molecule has 3 aliphatic rings. The molecule has 0 amide bonds. The molecule has 20 heavy (non-hydrogen) atoms. The molecular weight excluding hydrogens is 244 g/mol. The van der Waals surface area contributed by atoms with Crippen LogP contribution in [0.2, 0.25) is 0 Å². The number of nitrogens with zero attached hydrogens (tertiary/aromatic N) is 1. The summed E-state index contributed by atoms with van der Waals surface area (Å²) in [7, 11) is 0. The fraction of sp³-hybridized carbons (Fsp3) is 0.667. The second-order valence-corrected chi connectivity index (χ2v) is 6.94. The van der Waals surface area contributed by atoms with Crippen molar-refractivity contribution in [1.29, 1.82) is 0 Å². The Morgan fingerprint density at radius 3 is 2.75 bits per heavy atom. The predicted molar refractivity (Wildman–Crippen MR) is 82.8 cm³/mol. The Morgan fingerprint density at radius 2 is 1.95 bits per heavy atom. The highest BCUT2D eigenvalue weighted by Crippen LogP contribution is 2.39. The lowest BCUT2D eigenvalue weighted by Gasteiger charge is -2.32. The molecule has 2 nitrogen and oxygen atoms in total. The average molecular weight is 270 g/mol. The van der Waals surface area contributed by atoms with E-state index < -0.39 is 0 Å². The maximum atomic E-state index is 3.69. The highest BCUT2D eigenvalue weighted by molar-refractivity contribution is 5.34. The molecule has 1 aromatic rings. The number of fused-ring (bicyclic) bond motifs is 1. The molecule has 2 aliphatic carbocycles. The topological polar surface area (TPSA) is 15.3 Å². The molecule has 1 aliphatic heterocycles. The molecule has 1 saturated carbocycles. The van der Waals surface area contributed by atoms with Gasteiger partial charge in [-0.2, -0.15) is 0 Å². The Hall–Kier alpha value is -0.860. The van der Waals surface area contributed by atoms with Crippen molar-refractivity contribution >= 4 is 0 Å². The normalized spacial score (nSPS) is 29.1. The van der Waals surface area contributed by atoms with Crippen LogP contribution in [0, 0.1) is 5.92 Å². The SMILES string of the molecule is c1ccc2c(c1)CCC2N(CC1CC1)CC1CCCN1. The van der Waals surface area contributed by atoms with E-state index in [1.807, 2.05) is 0 Å². The standard InChI is InChI=1S/C18H26N2/c1-2-6-17-15(4-1)9-10-18(17)20(12-14-7-8-14)13-16-5-3-11-19-16/h1-2,4,6,14,16,18-19H,3,5,7-13H2. The van der Waals surface area contributed by atoms with Gasteiger partial charge >= 0.3 is 0 Å². The van der Waals surface area contributed by atoms with E-state index in [4.69, 9.17) is 0 Å². The molecule has 1 N–H and O–H groups in total. The van der Waals surface area contributed by atoms with E-state index in [2.05, 4.69) is 34.5 Å². The van der Waals surface area contributed by atoms with Crippen molar-refractivity contribution in [3.05, 3.63) is 35.4 Å². The smallest absolute Gasteiger partial charge is 0.0354 e. The van der Waals surface area contributed by atoms with E-state index in [9.17, 15) is 0 Å². The molecule has 1 saturated heterocycles. The Kier molecular flexibility index (Phi) is 3.53. The molecule has 2 heteroatoms. The first-order valence-electron chi connectivity index (χ1n) is 8.45. The third-order valence-electron chi connectivity index (χ3n) is 5.35. The minimum Gasteiger partial charge on any atom is -0.313 e. The molecule has 2 unspecified atom stereocenters. The summed E-state index contributed by atoms with van der Waals surface area (Å²) in [5, 5.41) is 3.69. The lowest BCUT2D eigenvalue weighted by Crippen LogP contribution is -2.40. The fourth-order valence-corrected chi connectivity index (χ4v) is 4.07. The molecule has 0 aromatic heterocycles. The molecule has 0 bridgehead atoms. The molecule has 1 aromatic carbocycles. The van der Waals surface area contributed by atoms with Crippen LogP contribution in [0.15, 0.2) is 24.3 Å². The summed E-state index contributed by atoms with van der Waals surface area (Å²) < 4.78 is 0. The highest BCUT2D eigenvalue weighted by atomic mass is 15.2. The van der Waals surface area contributed by atoms with Crippen molar-refractivity contribution in [2.75, 3.05) is 19.6 Å². The van der Waals surface area contributed by atoms with Crippen LogP contribution in [-0.4, -0.2) is 30.6 Å². The average Bonchev–Trinajstić information content (AvgIpc) is 2.99. The van der Waals surface area contributed by atoms with Gasteiger partial charge in [0.05, 0.1) is 0 Å². The Labute approximate surface area is 122 Å². The zero-order valence-corrected chi connectivity index (χ0v) is 12.4. The zero-order valence-electron chi connectivity index (χ0n) is 12.4. The number of benzene rings is 1. The van der Waals surface area contributed by atoms with E-state index in [-0.39, 0.29) is 0 Å². The maximum Gasteiger partial charge on any atom is 0.0354 e. The molecule has 0 radical (unpaired) electrons. The summed E-state index contributed by atoms with van der Waals surface area (Å²) in [4.78, 5) is 2.81. The molecule has 108 valence electrons. The third kappa shape index (κ3) is 2.64. The van der Waals surface area contributed by atoms with Crippen molar-refractivity contribution in [3.63, 3.8) is 0 Å². The van der Waals surface area contributed by atoms with Gasteiger partial charge in [-0.3, -0.25) is 4.90 Å². The minimum atomic E-state index is 0.689. The quantitative estimate of drug-likeness (QED) is 0.884. The van der Waals surface area contributed by atoms with Gasteiger partial charge in [-0.1, -0.05) is 24.3 Å². The Morgan fingerprint density at radius 1 is 1.05 bits per heavy atom. The Balaban J connectivity index is 1.51. The lowest BCUT2D eigenvalue weighted by molar-refractivity contribution is 0.172.